The predicted molar refractivity (Wildman–Crippen MR) is 82.5 cm³/mol. The lowest BCUT2D eigenvalue weighted by Crippen LogP contribution is -2.51. The van der Waals surface area contributed by atoms with Gasteiger partial charge >= 0.3 is 0 Å². The number of rotatable bonds is 4. The Labute approximate surface area is 122 Å². The summed E-state index contributed by atoms with van der Waals surface area (Å²) in [5.74, 6) is 0.258. The molecule has 0 bridgehead atoms. The van der Waals surface area contributed by atoms with Crippen molar-refractivity contribution in [1.29, 1.82) is 0 Å². The van der Waals surface area contributed by atoms with Gasteiger partial charge in [0.25, 0.3) is 0 Å². The van der Waals surface area contributed by atoms with E-state index in [2.05, 4.69) is 38.1 Å². The van der Waals surface area contributed by atoms with Crippen LogP contribution in [-0.2, 0) is 11.2 Å². The van der Waals surface area contributed by atoms with Crippen molar-refractivity contribution in [3.8, 4) is 0 Å². The Morgan fingerprint density at radius 3 is 2.65 bits per heavy atom. The van der Waals surface area contributed by atoms with Crippen molar-refractivity contribution < 1.29 is 4.79 Å². The average Bonchev–Trinajstić information content (AvgIpc) is 2.46. The first-order valence-corrected chi connectivity index (χ1v) is 7.68. The zero-order chi connectivity index (χ0) is 14.5. The fraction of sp³-hybridized carbons (Fsp3) is 0.588. The zero-order valence-corrected chi connectivity index (χ0v) is 12.6. The Balaban J connectivity index is 1.94. The molecule has 1 amide bonds. The first-order valence-electron chi connectivity index (χ1n) is 7.68. The van der Waals surface area contributed by atoms with E-state index in [1.165, 1.54) is 17.5 Å². The lowest BCUT2D eigenvalue weighted by molar-refractivity contribution is -0.137. The van der Waals surface area contributed by atoms with Crippen LogP contribution in [-0.4, -0.2) is 29.4 Å². The van der Waals surface area contributed by atoms with Crippen LogP contribution in [0.15, 0.2) is 24.3 Å². The molecule has 20 heavy (non-hydrogen) atoms. The molecule has 1 aliphatic rings. The lowest BCUT2D eigenvalue weighted by atomic mass is 9.95. The maximum Gasteiger partial charge on any atom is 0.223 e. The quantitative estimate of drug-likeness (QED) is 0.917. The second kappa shape index (κ2) is 6.89. The van der Waals surface area contributed by atoms with Gasteiger partial charge in [-0.15, -0.1) is 0 Å². The van der Waals surface area contributed by atoms with Crippen molar-refractivity contribution in [3.05, 3.63) is 35.4 Å². The van der Waals surface area contributed by atoms with E-state index >= 15 is 0 Å². The normalized spacial score (nSPS) is 22.9. The van der Waals surface area contributed by atoms with Crippen molar-refractivity contribution >= 4 is 5.91 Å². The molecule has 0 saturated carbocycles. The van der Waals surface area contributed by atoms with E-state index in [0.29, 0.717) is 19.0 Å². The number of likely N-dealkylation sites (tertiary alicyclic amines) is 1. The number of carbonyl (C=O) groups excluding carboxylic acids is 1. The maximum absolute atomic E-state index is 12.5. The van der Waals surface area contributed by atoms with E-state index in [1.54, 1.807) is 0 Å². The van der Waals surface area contributed by atoms with Crippen LogP contribution in [0.5, 0.6) is 0 Å². The van der Waals surface area contributed by atoms with Crippen LogP contribution in [0, 0.1) is 6.92 Å². The fourth-order valence-electron chi connectivity index (χ4n) is 3.10. The molecule has 2 atom stereocenters. The number of aryl methyl sites for hydroxylation is 2. The molecular weight excluding hydrogens is 248 g/mol. The van der Waals surface area contributed by atoms with Gasteiger partial charge < -0.3 is 10.6 Å². The minimum Gasteiger partial charge on any atom is -0.336 e. The van der Waals surface area contributed by atoms with Crippen LogP contribution in [0.25, 0.3) is 0 Å². The highest BCUT2D eigenvalue weighted by atomic mass is 16.2. The average molecular weight is 274 g/mol. The summed E-state index contributed by atoms with van der Waals surface area (Å²) in [6.45, 7) is 4.81. The summed E-state index contributed by atoms with van der Waals surface area (Å²) in [5.41, 5.74) is 8.32. The van der Waals surface area contributed by atoms with Gasteiger partial charge in [0.05, 0.1) is 0 Å². The van der Waals surface area contributed by atoms with Gasteiger partial charge in [0.1, 0.15) is 0 Å². The van der Waals surface area contributed by atoms with Gasteiger partial charge in [0.2, 0.25) is 5.91 Å². The van der Waals surface area contributed by atoms with E-state index in [1.807, 2.05) is 4.90 Å². The molecule has 3 heteroatoms. The number of carbonyl (C=O) groups is 1. The molecule has 2 N–H and O–H groups in total. The first-order chi connectivity index (χ1) is 9.61. The molecule has 1 aromatic rings. The topological polar surface area (TPSA) is 46.3 Å². The number of benzene rings is 1. The van der Waals surface area contributed by atoms with Crippen LogP contribution < -0.4 is 5.73 Å². The zero-order valence-electron chi connectivity index (χ0n) is 12.6. The second-order valence-corrected chi connectivity index (χ2v) is 5.96. The van der Waals surface area contributed by atoms with Crippen LogP contribution in [0.1, 0.15) is 43.7 Å². The van der Waals surface area contributed by atoms with Gasteiger partial charge in [-0.1, -0.05) is 29.8 Å². The van der Waals surface area contributed by atoms with Crippen molar-refractivity contribution in [2.45, 2.75) is 58.0 Å². The smallest absolute Gasteiger partial charge is 0.223 e. The maximum atomic E-state index is 12.5. The summed E-state index contributed by atoms with van der Waals surface area (Å²) in [6.07, 6.45) is 4.75. The Bertz CT molecular complexity index is 441. The Kier molecular flexibility index (Phi) is 5.18. The largest absolute Gasteiger partial charge is 0.336 e. The fourth-order valence-corrected chi connectivity index (χ4v) is 3.10. The SMILES string of the molecule is Cc1ccc(CCC(=O)N2C(C)CCCC2CN)cc1. The summed E-state index contributed by atoms with van der Waals surface area (Å²) < 4.78 is 0. The molecule has 0 spiro atoms. The minimum atomic E-state index is 0.240. The molecule has 2 unspecified atom stereocenters. The van der Waals surface area contributed by atoms with Crippen molar-refractivity contribution in [2.24, 2.45) is 5.73 Å². The van der Waals surface area contributed by atoms with Gasteiger partial charge in [0, 0.05) is 25.0 Å². The molecule has 1 aliphatic heterocycles. The highest BCUT2D eigenvalue weighted by Gasteiger charge is 2.30. The van der Waals surface area contributed by atoms with E-state index in [0.717, 1.165) is 19.3 Å². The summed E-state index contributed by atoms with van der Waals surface area (Å²) in [7, 11) is 0. The minimum absolute atomic E-state index is 0.240. The standard InChI is InChI=1S/C17H26N2O/c1-13-6-8-15(9-7-13)10-11-17(20)19-14(2)4-3-5-16(19)12-18/h6-9,14,16H,3-5,10-12,18H2,1-2H3. The van der Waals surface area contributed by atoms with Crippen LogP contribution in [0.4, 0.5) is 0 Å². The second-order valence-electron chi connectivity index (χ2n) is 5.96. The summed E-state index contributed by atoms with van der Waals surface area (Å²) in [4.78, 5) is 14.5. The third-order valence-corrected chi connectivity index (χ3v) is 4.34. The Morgan fingerprint density at radius 2 is 2.00 bits per heavy atom. The van der Waals surface area contributed by atoms with Crippen LogP contribution in [0.2, 0.25) is 0 Å². The van der Waals surface area contributed by atoms with Crippen molar-refractivity contribution in [3.63, 3.8) is 0 Å². The number of piperidine rings is 1. The highest BCUT2D eigenvalue weighted by molar-refractivity contribution is 5.77. The summed E-state index contributed by atoms with van der Waals surface area (Å²) in [6, 6.07) is 9.01. The van der Waals surface area contributed by atoms with E-state index in [4.69, 9.17) is 5.73 Å². The molecule has 1 fully saturated rings. The molecule has 2 rings (SSSR count). The molecule has 3 nitrogen and oxygen atoms in total. The van der Waals surface area contributed by atoms with Crippen molar-refractivity contribution in [2.75, 3.05) is 6.54 Å². The first kappa shape index (κ1) is 15.0. The number of hydrogen-bond acceptors (Lipinski definition) is 2. The van der Waals surface area contributed by atoms with E-state index < -0.39 is 0 Å². The molecule has 110 valence electrons. The molecular formula is C17H26N2O. The highest BCUT2D eigenvalue weighted by Crippen LogP contribution is 2.23. The molecule has 1 aromatic carbocycles. The number of nitrogens with two attached hydrogens (primary N) is 1. The van der Waals surface area contributed by atoms with E-state index in [9.17, 15) is 4.79 Å². The number of nitrogens with zero attached hydrogens (tertiary/aromatic N) is 1. The van der Waals surface area contributed by atoms with Crippen molar-refractivity contribution in [1.82, 2.24) is 4.90 Å². The summed E-state index contributed by atoms with van der Waals surface area (Å²) >= 11 is 0. The third kappa shape index (κ3) is 3.60. The van der Waals surface area contributed by atoms with Crippen LogP contribution >= 0.6 is 0 Å². The monoisotopic (exact) mass is 274 g/mol. The third-order valence-electron chi connectivity index (χ3n) is 4.34. The molecule has 0 aromatic heterocycles. The van der Waals surface area contributed by atoms with E-state index in [-0.39, 0.29) is 11.9 Å². The Morgan fingerprint density at radius 1 is 1.30 bits per heavy atom. The van der Waals surface area contributed by atoms with Gasteiger partial charge in [-0.3, -0.25) is 4.79 Å². The van der Waals surface area contributed by atoms with Gasteiger partial charge in [-0.25, -0.2) is 0 Å². The predicted octanol–water partition coefficient (Wildman–Crippen LogP) is 2.66. The molecule has 0 radical (unpaired) electrons. The number of hydrogen-bond donors (Lipinski definition) is 1. The molecule has 1 saturated heterocycles. The summed E-state index contributed by atoms with van der Waals surface area (Å²) in [5, 5.41) is 0. The number of amides is 1. The van der Waals surface area contributed by atoms with Crippen LogP contribution in [0.3, 0.4) is 0 Å². The lowest BCUT2D eigenvalue weighted by Gasteiger charge is -2.40. The Hall–Kier alpha value is -1.35. The molecule has 0 aliphatic carbocycles. The molecule has 1 heterocycles. The van der Waals surface area contributed by atoms with Gasteiger partial charge in [0.15, 0.2) is 0 Å². The van der Waals surface area contributed by atoms with Gasteiger partial charge in [-0.2, -0.15) is 0 Å². The van der Waals surface area contributed by atoms with Gasteiger partial charge in [-0.05, 0) is 45.1 Å².